The van der Waals surface area contributed by atoms with Crippen molar-refractivity contribution >= 4 is 21.2 Å². The minimum atomic E-state index is -3.31. The molecule has 2 N–H and O–H groups in total. The summed E-state index contributed by atoms with van der Waals surface area (Å²) >= 11 is 1.40. The molecule has 11 heteroatoms. The maximum absolute atomic E-state index is 12.8. The van der Waals surface area contributed by atoms with Gasteiger partial charge in [-0.1, -0.05) is 12.1 Å². The molecule has 0 aliphatic carbocycles. The molecule has 29 heavy (non-hydrogen) atoms. The molecule has 1 aromatic carbocycles. The van der Waals surface area contributed by atoms with Gasteiger partial charge in [0, 0.05) is 28.1 Å². The first kappa shape index (κ1) is 21.1. The van der Waals surface area contributed by atoms with Gasteiger partial charge in [0.15, 0.2) is 9.84 Å². The Kier molecular flexibility index (Phi) is 6.10. The third-order valence-corrected chi connectivity index (χ3v) is 6.42. The molecule has 3 rings (SSSR count). The summed E-state index contributed by atoms with van der Waals surface area (Å²) in [5.74, 6) is 0. The fourth-order valence-corrected chi connectivity index (χ4v) is 4.31. The monoisotopic (exact) mass is 440 g/mol. The van der Waals surface area contributed by atoms with Gasteiger partial charge < -0.3 is 5.73 Å². The van der Waals surface area contributed by atoms with E-state index >= 15 is 0 Å². The molecule has 0 radical (unpaired) electrons. The van der Waals surface area contributed by atoms with Crippen LogP contribution in [0.15, 0.2) is 64.1 Å². The highest BCUT2D eigenvalue weighted by Crippen LogP contribution is 2.30. The summed E-state index contributed by atoms with van der Waals surface area (Å²) in [5, 5.41) is 3.87. The van der Waals surface area contributed by atoms with Crippen molar-refractivity contribution in [3.05, 3.63) is 69.7 Å². The van der Waals surface area contributed by atoms with Gasteiger partial charge in [-0.3, -0.25) is 4.57 Å². The van der Waals surface area contributed by atoms with Crippen LogP contribution in [0.3, 0.4) is 0 Å². The third-order valence-electron chi connectivity index (χ3n) is 4.19. The molecular weight excluding hydrogens is 422 g/mol. The summed E-state index contributed by atoms with van der Waals surface area (Å²) in [6, 6.07) is 10.3. The molecule has 154 valence electrons. The van der Waals surface area contributed by atoms with E-state index in [2.05, 4.69) is 5.10 Å². The van der Waals surface area contributed by atoms with Crippen LogP contribution in [-0.4, -0.2) is 35.6 Å². The van der Waals surface area contributed by atoms with E-state index in [1.165, 1.54) is 28.3 Å². The molecule has 2 heterocycles. The topological polar surface area (TPSA) is 100.0 Å². The Morgan fingerprint density at radius 1 is 1.24 bits per heavy atom. The van der Waals surface area contributed by atoms with Crippen LogP contribution in [0, 0.1) is 0 Å². The first-order chi connectivity index (χ1) is 13.7. The van der Waals surface area contributed by atoms with Gasteiger partial charge in [-0.2, -0.15) is 13.9 Å². The van der Waals surface area contributed by atoms with Gasteiger partial charge in [-0.15, -0.1) is 11.3 Å². The molecule has 0 unspecified atom stereocenters. The molecule has 0 aliphatic rings. The van der Waals surface area contributed by atoms with E-state index < -0.39 is 21.6 Å². The zero-order valence-electron chi connectivity index (χ0n) is 15.4. The average Bonchev–Trinajstić information content (AvgIpc) is 3.27. The second-order valence-electron chi connectivity index (χ2n) is 6.33. The molecule has 0 bridgehead atoms. The second-order valence-corrected chi connectivity index (χ2v) is 9.52. The lowest BCUT2D eigenvalue weighted by Gasteiger charge is -2.02. The molecule has 2 aromatic heterocycles. The zero-order chi connectivity index (χ0) is 21.2. The van der Waals surface area contributed by atoms with Crippen LogP contribution in [0.25, 0.3) is 10.4 Å². The Labute approximate surface area is 169 Å². The molecule has 0 aliphatic heterocycles. The number of hydrogen-bond donors (Lipinski definition) is 1. The SMILES string of the molecule is CS(=O)(=O)c1cccc(-c2ccc(Cn3cnn(CC(CN)=C(F)F)c3=O)s2)c1. The minimum Gasteiger partial charge on any atom is -0.327 e. The maximum Gasteiger partial charge on any atom is 0.346 e. The van der Waals surface area contributed by atoms with E-state index in [0.717, 1.165) is 26.3 Å². The summed E-state index contributed by atoms with van der Waals surface area (Å²) in [7, 11) is -3.31. The van der Waals surface area contributed by atoms with Crippen molar-refractivity contribution in [3.63, 3.8) is 0 Å². The number of benzene rings is 1. The van der Waals surface area contributed by atoms with E-state index in [9.17, 15) is 22.0 Å². The van der Waals surface area contributed by atoms with Crippen LogP contribution in [0.5, 0.6) is 0 Å². The lowest BCUT2D eigenvalue weighted by molar-refractivity contribution is 0.400. The highest BCUT2D eigenvalue weighted by Gasteiger charge is 2.13. The van der Waals surface area contributed by atoms with E-state index in [-0.39, 0.29) is 30.1 Å². The van der Waals surface area contributed by atoms with Crippen molar-refractivity contribution in [1.82, 2.24) is 14.3 Å². The van der Waals surface area contributed by atoms with Crippen molar-refractivity contribution < 1.29 is 17.2 Å². The van der Waals surface area contributed by atoms with Gasteiger partial charge in [-0.25, -0.2) is 17.9 Å². The number of rotatable bonds is 7. The molecule has 0 fully saturated rings. The summed E-state index contributed by atoms with van der Waals surface area (Å²) in [6.45, 7) is -0.504. The Morgan fingerprint density at radius 2 is 2.00 bits per heavy atom. The largest absolute Gasteiger partial charge is 0.346 e. The van der Waals surface area contributed by atoms with E-state index in [1.807, 2.05) is 12.1 Å². The van der Waals surface area contributed by atoms with Gasteiger partial charge in [0.25, 0.3) is 6.08 Å². The van der Waals surface area contributed by atoms with Gasteiger partial charge in [0.2, 0.25) is 0 Å². The van der Waals surface area contributed by atoms with Gasteiger partial charge in [0.05, 0.1) is 18.0 Å². The standard InChI is InChI=1S/C18H18F2N4O3S2/c1-29(26,27)15-4-2-3-12(7-15)16-6-5-14(28-16)10-23-11-22-24(18(23)25)9-13(8-21)17(19)20/h2-7,11H,8-10,21H2,1H3. The van der Waals surface area contributed by atoms with Crippen molar-refractivity contribution in [2.75, 3.05) is 12.8 Å². The number of nitrogens with zero attached hydrogens (tertiary/aromatic N) is 3. The molecule has 0 saturated carbocycles. The lowest BCUT2D eigenvalue weighted by Crippen LogP contribution is -2.27. The number of halogens is 2. The molecule has 7 nitrogen and oxygen atoms in total. The van der Waals surface area contributed by atoms with Gasteiger partial charge in [-0.05, 0) is 29.8 Å². The van der Waals surface area contributed by atoms with Crippen LogP contribution in [0.4, 0.5) is 8.78 Å². The quantitative estimate of drug-likeness (QED) is 0.608. The predicted octanol–water partition coefficient (Wildman–Crippen LogP) is 2.33. The summed E-state index contributed by atoms with van der Waals surface area (Å²) in [5.41, 5.74) is 5.16. The number of hydrogen-bond acceptors (Lipinski definition) is 6. The highest BCUT2D eigenvalue weighted by atomic mass is 32.2. The molecular formula is C18H18F2N4O3S2. The van der Waals surface area contributed by atoms with E-state index in [1.54, 1.807) is 18.2 Å². The molecule has 0 saturated heterocycles. The van der Waals surface area contributed by atoms with Crippen molar-refractivity contribution in [3.8, 4) is 10.4 Å². The molecule has 0 spiro atoms. The summed E-state index contributed by atoms with van der Waals surface area (Å²) in [4.78, 5) is 14.3. The first-order valence-corrected chi connectivity index (χ1v) is 11.1. The summed E-state index contributed by atoms with van der Waals surface area (Å²) in [6.07, 6.45) is 0.528. The predicted molar refractivity (Wildman–Crippen MR) is 107 cm³/mol. The highest BCUT2D eigenvalue weighted by molar-refractivity contribution is 7.90. The Bertz CT molecular complexity index is 1220. The van der Waals surface area contributed by atoms with E-state index in [0.29, 0.717) is 0 Å². The van der Waals surface area contributed by atoms with Crippen LogP contribution in [0.1, 0.15) is 4.88 Å². The summed E-state index contributed by atoms with van der Waals surface area (Å²) < 4.78 is 51.2. The molecule has 0 atom stereocenters. The van der Waals surface area contributed by atoms with Crippen molar-refractivity contribution in [2.45, 2.75) is 18.0 Å². The van der Waals surface area contributed by atoms with Gasteiger partial charge >= 0.3 is 5.69 Å². The van der Waals surface area contributed by atoms with Gasteiger partial charge in [0.1, 0.15) is 6.33 Å². The minimum absolute atomic E-state index is 0.217. The van der Waals surface area contributed by atoms with Crippen LogP contribution < -0.4 is 11.4 Å². The smallest absolute Gasteiger partial charge is 0.327 e. The molecule has 0 amide bonds. The van der Waals surface area contributed by atoms with Crippen LogP contribution >= 0.6 is 11.3 Å². The van der Waals surface area contributed by atoms with E-state index in [4.69, 9.17) is 5.73 Å². The fourth-order valence-electron chi connectivity index (χ4n) is 2.64. The normalized spacial score (nSPS) is 11.6. The number of aromatic nitrogens is 3. The molecule has 3 aromatic rings. The zero-order valence-corrected chi connectivity index (χ0v) is 17.0. The van der Waals surface area contributed by atoms with Crippen LogP contribution in [-0.2, 0) is 22.9 Å². The van der Waals surface area contributed by atoms with Crippen molar-refractivity contribution in [2.24, 2.45) is 5.73 Å². The average molecular weight is 440 g/mol. The number of thiophene rings is 1. The Morgan fingerprint density at radius 3 is 2.66 bits per heavy atom. The Balaban J connectivity index is 1.81. The second kappa shape index (κ2) is 8.39. The fraction of sp³-hybridized carbons (Fsp3) is 0.222. The maximum atomic E-state index is 12.8. The van der Waals surface area contributed by atoms with Crippen LogP contribution in [0.2, 0.25) is 0 Å². The first-order valence-electron chi connectivity index (χ1n) is 8.43. The van der Waals surface area contributed by atoms with Crippen molar-refractivity contribution in [1.29, 1.82) is 0 Å². The number of nitrogens with two attached hydrogens (primary N) is 1. The third kappa shape index (κ3) is 4.86. The lowest BCUT2D eigenvalue weighted by atomic mass is 10.2. The Hall–Kier alpha value is -2.63. The number of sulfone groups is 1.